The maximum atomic E-state index is 11.2. The zero-order valence-corrected chi connectivity index (χ0v) is 8.20. The first-order valence-corrected chi connectivity index (χ1v) is 4.55. The molecule has 1 unspecified atom stereocenters. The van der Waals surface area contributed by atoms with Crippen LogP contribution in [0.2, 0.25) is 0 Å². The Morgan fingerprint density at radius 3 is 2.33 bits per heavy atom. The number of hydrogen-bond donors (Lipinski definition) is 5. The smallest absolute Gasteiger partial charge is 0.251 e. The van der Waals surface area contributed by atoms with Gasteiger partial charge in [-0.2, -0.15) is 0 Å². The molecule has 0 radical (unpaired) electrons. The second kappa shape index (κ2) is 4.86. The molecule has 0 aromatic carbocycles. The normalized spacial score (nSPS) is 41.3. The van der Waals surface area contributed by atoms with E-state index in [2.05, 4.69) is 5.32 Å². The summed E-state index contributed by atoms with van der Waals surface area (Å²) in [5, 5.41) is 39.3. The van der Waals surface area contributed by atoms with E-state index in [1.54, 1.807) is 0 Å². The molecule has 7 nitrogen and oxygen atoms in total. The second-order valence-electron chi connectivity index (χ2n) is 3.36. The number of rotatable bonds is 2. The van der Waals surface area contributed by atoms with Crippen LogP contribution in [0.15, 0.2) is 0 Å². The molecule has 1 amide bonds. The minimum atomic E-state index is -1.52. The van der Waals surface area contributed by atoms with Crippen LogP contribution in [-0.4, -0.2) is 70.5 Å². The Labute approximate surface area is 86.3 Å². The molecule has 88 valence electrons. The summed E-state index contributed by atoms with van der Waals surface area (Å²) in [7, 11) is 1.35. The molecule has 0 spiro atoms. The van der Waals surface area contributed by atoms with Gasteiger partial charge in [0.2, 0.25) is 0 Å². The molecule has 0 aromatic rings. The lowest BCUT2D eigenvalue weighted by Crippen LogP contribution is -2.62. The fourth-order valence-corrected chi connectivity index (χ4v) is 1.46. The number of nitrogens with one attached hydrogen (secondary N) is 1. The summed E-state index contributed by atoms with van der Waals surface area (Å²) in [5.74, 6) is -0.619. The third-order valence-corrected chi connectivity index (χ3v) is 2.40. The Morgan fingerprint density at radius 2 is 1.87 bits per heavy atom. The third kappa shape index (κ3) is 2.27. The van der Waals surface area contributed by atoms with Crippen LogP contribution in [0.1, 0.15) is 0 Å². The van der Waals surface area contributed by atoms with Gasteiger partial charge in [0.1, 0.15) is 24.4 Å². The van der Waals surface area contributed by atoms with Gasteiger partial charge >= 0.3 is 0 Å². The Kier molecular flexibility index (Phi) is 4.00. The van der Waals surface area contributed by atoms with Crippen LogP contribution in [0.3, 0.4) is 0 Å². The van der Waals surface area contributed by atoms with Crippen molar-refractivity contribution in [2.45, 2.75) is 30.5 Å². The number of aliphatic hydroxyl groups excluding tert-OH is 4. The fraction of sp³-hybridized carbons (Fsp3) is 0.875. The van der Waals surface area contributed by atoms with Crippen molar-refractivity contribution in [3.05, 3.63) is 0 Å². The zero-order valence-electron chi connectivity index (χ0n) is 8.20. The lowest BCUT2D eigenvalue weighted by molar-refractivity contribution is -0.226. The Hall–Kier alpha value is -0.730. The number of ether oxygens (including phenoxy) is 1. The van der Waals surface area contributed by atoms with Gasteiger partial charge in [0.05, 0.1) is 6.61 Å². The average Bonchev–Trinajstić information content (AvgIpc) is 2.25. The van der Waals surface area contributed by atoms with Crippen molar-refractivity contribution in [1.29, 1.82) is 0 Å². The Balaban J connectivity index is 2.78. The Bertz CT molecular complexity index is 233. The minimum Gasteiger partial charge on any atom is -0.394 e. The van der Waals surface area contributed by atoms with Crippen molar-refractivity contribution in [1.82, 2.24) is 5.32 Å². The van der Waals surface area contributed by atoms with Crippen LogP contribution in [0.5, 0.6) is 0 Å². The van der Waals surface area contributed by atoms with E-state index in [0.29, 0.717) is 0 Å². The molecule has 0 aliphatic carbocycles. The van der Waals surface area contributed by atoms with Gasteiger partial charge < -0.3 is 30.5 Å². The number of amides is 1. The average molecular weight is 221 g/mol. The van der Waals surface area contributed by atoms with Crippen LogP contribution in [0, 0.1) is 0 Å². The first kappa shape index (κ1) is 12.3. The van der Waals surface area contributed by atoms with Crippen molar-refractivity contribution < 1.29 is 30.0 Å². The van der Waals surface area contributed by atoms with Gasteiger partial charge in [-0.15, -0.1) is 0 Å². The fourth-order valence-electron chi connectivity index (χ4n) is 1.46. The number of carbonyl (C=O) groups is 1. The van der Waals surface area contributed by atoms with E-state index in [-0.39, 0.29) is 0 Å². The SMILES string of the molecule is CNC(=O)C1O[C@H](CO)[C@@H](O)[C@H](O)[C@H]1O. The van der Waals surface area contributed by atoms with E-state index in [1.807, 2.05) is 0 Å². The highest BCUT2D eigenvalue weighted by molar-refractivity contribution is 5.81. The number of hydrogen-bond acceptors (Lipinski definition) is 6. The maximum Gasteiger partial charge on any atom is 0.251 e. The summed E-state index contributed by atoms with van der Waals surface area (Å²) in [6.07, 6.45) is -6.80. The molecule has 1 aliphatic rings. The second-order valence-corrected chi connectivity index (χ2v) is 3.36. The summed E-state index contributed by atoms with van der Waals surface area (Å²) in [6.45, 7) is -0.543. The van der Waals surface area contributed by atoms with Gasteiger partial charge in [0, 0.05) is 7.05 Å². The molecule has 0 saturated carbocycles. The lowest BCUT2D eigenvalue weighted by atomic mass is 9.95. The molecule has 5 N–H and O–H groups in total. The number of aliphatic hydroxyl groups is 4. The summed E-state index contributed by atoms with van der Waals surface area (Å²) in [5.41, 5.74) is 0. The van der Waals surface area contributed by atoms with E-state index in [9.17, 15) is 20.1 Å². The molecule has 0 bridgehead atoms. The van der Waals surface area contributed by atoms with E-state index >= 15 is 0 Å². The van der Waals surface area contributed by atoms with Crippen molar-refractivity contribution in [3.63, 3.8) is 0 Å². The highest BCUT2D eigenvalue weighted by Gasteiger charge is 2.46. The molecule has 1 aliphatic heterocycles. The molecular weight excluding hydrogens is 206 g/mol. The van der Waals surface area contributed by atoms with Gasteiger partial charge in [-0.1, -0.05) is 0 Å². The minimum absolute atomic E-state index is 0.543. The maximum absolute atomic E-state index is 11.2. The van der Waals surface area contributed by atoms with E-state index in [4.69, 9.17) is 9.84 Å². The van der Waals surface area contributed by atoms with Crippen LogP contribution in [-0.2, 0) is 9.53 Å². The molecule has 1 fully saturated rings. The summed E-state index contributed by atoms with van der Waals surface area (Å²) >= 11 is 0. The highest BCUT2D eigenvalue weighted by atomic mass is 16.5. The van der Waals surface area contributed by atoms with Crippen LogP contribution in [0.4, 0.5) is 0 Å². The van der Waals surface area contributed by atoms with Gasteiger partial charge in [0.25, 0.3) is 5.91 Å². The molecule has 0 aromatic heterocycles. The van der Waals surface area contributed by atoms with Gasteiger partial charge in [0.15, 0.2) is 6.10 Å². The predicted octanol–water partition coefficient (Wildman–Crippen LogP) is -3.43. The highest BCUT2D eigenvalue weighted by Crippen LogP contribution is 2.20. The van der Waals surface area contributed by atoms with Crippen molar-refractivity contribution in [2.24, 2.45) is 0 Å². The van der Waals surface area contributed by atoms with E-state index < -0.39 is 43.0 Å². The summed E-state index contributed by atoms with van der Waals surface area (Å²) in [4.78, 5) is 11.2. The molecule has 15 heavy (non-hydrogen) atoms. The van der Waals surface area contributed by atoms with Crippen LogP contribution < -0.4 is 5.32 Å². The lowest BCUT2D eigenvalue weighted by Gasteiger charge is -2.38. The molecule has 1 heterocycles. The topological polar surface area (TPSA) is 119 Å². The third-order valence-electron chi connectivity index (χ3n) is 2.40. The largest absolute Gasteiger partial charge is 0.394 e. The van der Waals surface area contributed by atoms with E-state index in [0.717, 1.165) is 0 Å². The van der Waals surface area contributed by atoms with E-state index in [1.165, 1.54) is 7.05 Å². The first-order valence-electron chi connectivity index (χ1n) is 4.55. The van der Waals surface area contributed by atoms with Crippen LogP contribution >= 0.6 is 0 Å². The molecule has 7 heteroatoms. The monoisotopic (exact) mass is 221 g/mol. The molecule has 1 rings (SSSR count). The van der Waals surface area contributed by atoms with Crippen LogP contribution in [0.25, 0.3) is 0 Å². The zero-order chi connectivity index (χ0) is 11.6. The summed E-state index contributed by atoms with van der Waals surface area (Å²) < 4.78 is 4.96. The van der Waals surface area contributed by atoms with Gasteiger partial charge in [-0.3, -0.25) is 4.79 Å². The van der Waals surface area contributed by atoms with Gasteiger partial charge in [-0.05, 0) is 0 Å². The quantitative estimate of drug-likeness (QED) is 0.331. The van der Waals surface area contributed by atoms with Crippen molar-refractivity contribution in [2.75, 3.05) is 13.7 Å². The van der Waals surface area contributed by atoms with Gasteiger partial charge in [-0.25, -0.2) is 0 Å². The predicted molar refractivity (Wildman–Crippen MR) is 47.8 cm³/mol. The van der Waals surface area contributed by atoms with Crippen molar-refractivity contribution >= 4 is 5.91 Å². The number of likely N-dealkylation sites (N-methyl/N-ethyl adjacent to an activating group) is 1. The molecular formula is C8H15NO6. The Morgan fingerprint density at radius 1 is 1.27 bits per heavy atom. The number of carbonyl (C=O) groups excluding carboxylic acids is 1. The molecule has 5 atom stereocenters. The molecule has 1 saturated heterocycles. The summed E-state index contributed by atoms with van der Waals surface area (Å²) in [6, 6.07) is 0. The first-order chi connectivity index (χ1) is 7.02. The standard InChI is InChI=1S/C8H15NO6/c1-9-8(14)7-6(13)5(12)4(11)3(2-10)15-7/h3-7,10-13H,2H2,1H3,(H,9,14)/t3-,4-,5+,6-,7?/m1/s1. The van der Waals surface area contributed by atoms with Crippen molar-refractivity contribution in [3.8, 4) is 0 Å².